The summed E-state index contributed by atoms with van der Waals surface area (Å²) in [6.07, 6.45) is 10.4. The molecule has 0 amide bonds. The van der Waals surface area contributed by atoms with Crippen LogP contribution in [0.5, 0.6) is 0 Å². The van der Waals surface area contributed by atoms with E-state index in [1.807, 2.05) is 5.92 Å². The number of aliphatic hydroxyl groups is 2. The molecule has 0 aliphatic heterocycles. The van der Waals surface area contributed by atoms with E-state index >= 15 is 0 Å². The van der Waals surface area contributed by atoms with Gasteiger partial charge in [0.05, 0.1) is 0 Å². The molecule has 0 aromatic heterocycles. The number of hydrogen-bond donors (Lipinski definition) is 2. The van der Waals surface area contributed by atoms with Crippen LogP contribution in [0.3, 0.4) is 0 Å². The fourth-order valence-electron chi connectivity index (χ4n) is 0.543. The van der Waals surface area contributed by atoms with E-state index in [1.54, 1.807) is 0 Å². The first-order valence-corrected chi connectivity index (χ1v) is 7.03. The molecule has 0 aliphatic carbocycles. The second-order valence-electron chi connectivity index (χ2n) is 3.02. The Morgan fingerprint density at radius 2 is 1.53 bits per heavy atom. The van der Waals surface area contributed by atoms with Gasteiger partial charge in [-0.3, -0.25) is 0 Å². The van der Waals surface area contributed by atoms with E-state index in [1.165, 1.54) is 19.3 Å². The number of halogens is 1. The van der Waals surface area contributed by atoms with Crippen molar-refractivity contribution >= 4 is 15.9 Å². The van der Waals surface area contributed by atoms with E-state index in [0.29, 0.717) is 0 Å². The van der Waals surface area contributed by atoms with Gasteiger partial charge in [0.15, 0.2) is 0 Å². The first-order chi connectivity index (χ1) is 8.24. The summed E-state index contributed by atoms with van der Waals surface area (Å²) in [6.45, 7) is 4.16. The zero-order valence-corrected chi connectivity index (χ0v) is 12.6. The SMILES string of the molecule is C#CCO.CCCCBr.CCCCC#CCO. The van der Waals surface area contributed by atoms with Gasteiger partial charge >= 0.3 is 0 Å². The first-order valence-electron chi connectivity index (χ1n) is 5.91. The normalized spacial score (nSPS) is 7.29. The lowest BCUT2D eigenvalue weighted by Gasteiger charge is -1.81. The molecular formula is C14H25BrO2. The third kappa shape index (κ3) is 50.2. The Hall–Kier alpha value is -0.480. The number of terminal acetylenes is 1. The monoisotopic (exact) mass is 304 g/mol. The maximum Gasteiger partial charge on any atom is 0.104 e. The van der Waals surface area contributed by atoms with Crippen LogP contribution in [0.4, 0.5) is 0 Å². The van der Waals surface area contributed by atoms with Gasteiger partial charge in [-0.2, -0.15) is 0 Å². The fourth-order valence-corrected chi connectivity index (χ4v) is 1.10. The molecule has 0 fully saturated rings. The minimum atomic E-state index is -0.153. The Labute approximate surface area is 115 Å². The van der Waals surface area contributed by atoms with Crippen molar-refractivity contribution in [2.24, 2.45) is 0 Å². The molecule has 2 nitrogen and oxygen atoms in total. The Morgan fingerprint density at radius 3 is 1.76 bits per heavy atom. The third-order valence-electron chi connectivity index (χ3n) is 1.44. The van der Waals surface area contributed by atoms with Crippen LogP contribution < -0.4 is 0 Å². The van der Waals surface area contributed by atoms with E-state index in [-0.39, 0.29) is 13.2 Å². The smallest absolute Gasteiger partial charge is 0.104 e. The summed E-state index contributed by atoms with van der Waals surface area (Å²) in [5, 5.41) is 17.0. The predicted molar refractivity (Wildman–Crippen MR) is 79.0 cm³/mol. The Kier molecular flexibility index (Phi) is 37.9. The molecule has 0 aromatic rings. The van der Waals surface area contributed by atoms with E-state index < -0.39 is 0 Å². The zero-order chi connectivity index (χ0) is 13.8. The quantitative estimate of drug-likeness (QED) is 0.476. The van der Waals surface area contributed by atoms with Crippen LogP contribution in [-0.4, -0.2) is 28.8 Å². The van der Waals surface area contributed by atoms with Crippen molar-refractivity contribution in [2.75, 3.05) is 18.5 Å². The standard InChI is InChI=1S/C7H12O.C4H9Br.C3H4O/c1-2-3-4-5-6-7-8;1-2-3-4-5;1-2-3-4/h8H,2-4,7H2,1H3;2-4H2,1H3;1,4H,3H2. The lowest BCUT2D eigenvalue weighted by Crippen LogP contribution is -1.72. The molecule has 3 heteroatoms. The number of rotatable bonds is 4. The summed E-state index contributed by atoms with van der Waals surface area (Å²) in [5.74, 6) is 7.41. The van der Waals surface area contributed by atoms with E-state index in [4.69, 9.17) is 10.2 Å². The highest BCUT2D eigenvalue weighted by Gasteiger charge is 1.73. The van der Waals surface area contributed by atoms with Crippen LogP contribution in [0.15, 0.2) is 0 Å². The summed E-state index contributed by atoms with van der Waals surface area (Å²) < 4.78 is 0. The lowest BCUT2D eigenvalue weighted by atomic mass is 10.2. The molecule has 0 heterocycles. The number of hydrogen-bond acceptors (Lipinski definition) is 2. The molecule has 0 radical (unpaired) electrons. The van der Waals surface area contributed by atoms with Crippen molar-refractivity contribution < 1.29 is 10.2 Å². The van der Waals surface area contributed by atoms with Crippen LogP contribution >= 0.6 is 15.9 Å². The van der Waals surface area contributed by atoms with E-state index in [9.17, 15) is 0 Å². The topological polar surface area (TPSA) is 40.5 Å². The minimum absolute atomic E-state index is 0.00368. The molecular weight excluding hydrogens is 280 g/mol. The van der Waals surface area contributed by atoms with Crippen molar-refractivity contribution in [2.45, 2.75) is 46.0 Å². The highest BCUT2D eigenvalue weighted by atomic mass is 79.9. The average Bonchev–Trinajstić information content (AvgIpc) is 2.37. The molecule has 0 bridgehead atoms. The first kappa shape index (κ1) is 21.8. The summed E-state index contributed by atoms with van der Waals surface area (Å²) in [4.78, 5) is 0. The number of alkyl halides is 1. The van der Waals surface area contributed by atoms with Gasteiger partial charge < -0.3 is 10.2 Å². The second kappa shape index (κ2) is 29.6. The van der Waals surface area contributed by atoms with Crippen molar-refractivity contribution in [3.8, 4) is 24.2 Å². The van der Waals surface area contributed by atoms with Gasteiger partial charge in [0.1, 0.15) is 13.2 Å². The van der Waals surface area contributed by atoms with Gasteiger partial charge in [-0.05, 0) is 12.8 Å². The summed E-state index contributed by atoms with van der Waals surface area (Å²) in [6, 6.07) is 0. The Bertz CT molecular complexity index is 196. The molecule has 0 aliphatic rings. The van der Waals surface area contributed by atoms with Crippen LogP contribution in [0, 0.1) is 24.2 Å². The molecule has 0 unspecified atom stereocenters. The van der Waals surface area contributed by atoms with Gasteiger partial charge in [-0.25, -0.2) is 0 Å². The second-order valence-corrected chi connectivity index (χ2v) is 3.81. The average molecular weight is 305 g/mol. The molecule has 0 rings (SSSR count). The molecule has 0 aromatic carbocycles. The third-order valence-corrected chi connectivity index (χ3v) is 2.00. The lowest BCUT2D eigenvalue weighted by molar-refractivity contribution is 0.350. The molecule has 0 saturated carbocycles. The van der Waals surface area contributed by atoms with E-state index in [2.05, 4.69) is 48.0 Å². The van der Waals surface area contributed by atoms with Gasteiger partial charge in [0.2, 0.25) is 0 Å². The zero-order valence-electron chi connectivity index (χ0n) is 11.0. The van der Waals surface area contributed by atoms with Crippen molar-refractivity contribution in [1.82, 2.24) is 0 Å². The molecule has 0 saturated heterocycles. The highest BCUT2D eigenvalue weighted by Crippen LogP contribution is 1.89. The predicted octanol–water partition coefficient (Wildman–Crippen LogP) is 2.97. The van der Waals surface area contributed by atoms with E-state index in [0.717, 1.165) is 18.2 Å². The molecule has 0 atom stereocenters. The van der Waals surface area contributed by atoms with Crippen LogP contribution in [0.1, 0.15) is 46.0 Å². The number of unbranched alkanes of at least 4 members (excludes halogenated alkanes) is 3. The Balaban J connectivity index is -0.000000188. The van der Waals surface area contributed by atoms with Crippen LogP contribution in [0.2, 0.25) is 0 Å². The minimum Gasteiger partial charge on any atom is -0.384 e. The van der Waals surface area contributed by atoms with Crippen molar-refractivity contribution in [3.05, 3.63) is 0 Å². The van der Waals surface area contributed by atoms with Crippen LogP contribution in [0.25, 0.3) is 0 Å². The van der Waals surface area contributed by atoms with Crippen molar-refractivity contribution in [1.29, 1.82) is 0 Å². The fraction of sp³-hybridized carbons (Fsp3) is 0.714. The van der Waals surface area contributed by atoms with Crippen molar-refractivity contribution in [3.63, 3.8) is 0 Å². The highest BCUT2D eigenvalue weighted by molar-refractivity contribution is 9.09. The van der Waals surface area contributed by atoms with Gasteiger partial charge in [0.25, 0.3) is 0 Å². The molecule has 17 heavy (non-hydrogen) atoms. The maximum atomic E-state index is 8.19. The largest absolute Gasteiger partial charge is 0.384 e. The summed E-state index contributed by atoms with van der Waals surface area (Å²) >= 11 is 3.31. The number of aliphatic hydroxyl groups excluding tert-OH is 2. The summed E-state index contributed by atoms with van der Waals surface area (Å²) in [7, 11) is 0. The Morgan fingerprint density at radius 1 is 1.00 bits per heavy atom. The van der Waals surface area contributed by atoms with Gasteiger partial charge in [-0.15, -0.1) is 12.3 Å². The van der Waals surface area contributed by atoms with Gasteiger partial charge in [-0.1, -0.05) is 54.5 Å². The summed E-state index contributed by atoms with van der Waals surface area (Å²) in [5.41, 5.74) is 0. The molecule has 0 spiro atoms. The maximum absolute atomic E-state index is 8.19. The van der Waals surface area contributed by atoms with Gasteiger partial charge in [0, 0.05) is 11.8 Å². The molecule has 2 N–H and O–H groups in total. The van der Waals surface area contributed by atoms with Crippen LogP contribution in [-0.2, 0) is 0 Å². The molecule has 100 valence electrons.